The van der Waals surface area contributed by atoms with Crippen LogP contribution in [0.25, 0.3) is 0 Å². The Morgan fingerprint density at radius 2 is 1.82 bits per heavy atom. The Balaban J connectivity index is 2.95. The van der Waals surface area contributed by atoms with Crippen molar-refractivity contribution in [2.24, 2.45) is 22.6 Å². The van der Waals surface area contributed by atoms with Crippen molar-refractivity contribution in [3.05, 3.63) is 0 Å². The van der Waals surface area contributed by atoms with E-state index in [1.165, 1.54) is 0 Å². The molecular weight excluding hydrogens is 214 g/mol. The standard InChI is InChI=1S/C13H25N3O/c1-8(2)7-13(6)11(17)16(12(14)15-13)10(5)9(3)4/h8-10H,7H2,1-6H3,(H2,14,15)/t10-,13?/m0/s1. The van der Waals surface area contributed by atoms with Crippen LogP contribution in [-0.2, 0) is 4.79 Å². The van der Waals surface area contributed by atoms with Gasteiger partial charge < -0.3 is 5.73 Å². The van der Waals surface area contributed by atoms with E-state index in [0.29, 0.717) is 17.8 Å². The minimum Gasteiger partial charge on any atom is -0.369 e. The first-order chi connectivity index (χ1) is 7.69. The molecular formula is C13H25N3O. The predicted octanol–water partition coefficient (Wildman–Crippen LogP) is 1.99. The van der Waals surface area contributed by atoms with Crippen LogP contribution >= 0.6 is 0 Å². The van der Waals surface area contributed by atoms with Gasteiger partial charge in [0.25, 0.3) is 5.91 Å². The van der Waals surface area contributed by atoms with Crippen LogP contribution in [0.1, 0.15) is 48.0 Å². The molecule has 1 aliphatic rings. The van der Waals surface area contributed by atoms with Gasteiger partial charge in [-0.1, -0.05) is 27.7 Å². The Hall–Kier alpha value is -1.06. The third kappa shape index (κ3) is 2.61. The van der Waals surface area contributed by atoms with Crippen molar-refractivity contribution in [2.45, 2.75) is 59.5 Å². The SMILES string of the molecule is CC(C)CC1(C)N=C(N)N([C@@H](C)C(C)C)C1=O. The highest BCUT2D eigenvalue weighted by molar-refractivity contribution is 6.06. The molecule has 0 bridgehead atoms. The summed E-state index contributed by atoms with van der Waals surface area (Å²) in [5.74, 6) is 1.22. The molecule has 4 heteroatoms. The van der Waals surface area contributed by atoms with E-state index in [2.05, 4.69) is 32.7 Å². The molecule has 2 atom stereocenters. The van der Waals surface area contributed by atoms with Crippen LogP contribution in [0.5, 0.6) is 0 Å². The Bertz CT molecular complexity index is 336. The van der Waals surface area contributed by atoms with E-state index in [0.717, 1.165) is 6.42 Å². The van der Waals surface area contributed by atoms with E-state index in [-0.39, 0.29) is 11.9 Å². The number of hydrogen-bond donors (Lipinski definition) is 1. The van der Waals surface area contributed by atoms with Crippen LogP contribution in [0, 0.1) is 11.8 Å². The van der Waals surface area contributed by atoms with Crippen LogP contribution < -0.4 is 5.73 Å². The lowest BCUT2D eigenvalue weighted by atomic mass is 9.90. The number of hydrogen-bond acceptors (Lipinski definition) is 3. The number of nitrogens with zero attached hydrogens (tertiary/aromatic N) is 2. The van der Waals surface area contributed by atoms with Gasteiger partial charge in [0.2, 0.25) is 0 Å². The van der Waals surface area contributed by atoms with Crippen LogP contribution in [-0.4, -0.2) is 28.3 Å². The highest BCUT2D eigenvalue weighted by Gasteiger charge is 2.46. The first kappa shape index (κ1) is 14.0. The average Bonchev–Trinajstić information content (AvgIpc) is 2.35. The second kappa shape index (κ2) is 4.67. The molecule has 0 saturated heterocycles. The Morgan fingerprint density at radius 3 is 2.24 bits per heavy atom. The van der Waals surface area contributed by atoms with Crippen molar-refractivity contribution in [1.82, 2.24) is 4.90 Å². The molecule has 2 N–H and O–H groups in total. The molecule has 0 aromatic rings. The van der Waals surface area contributed by atoms with Gasteiger partial charge in [-0.3, -0.25) is 9.69 Å². The zero-order valence-electron chi connectivity index (χ0n) is 11.8. The van der Waals surface area contributed by atoms with Gasteiger partial charge >= 0.3 is 0 Å². The third-order valence-electron chi connectivity index (χ3n) is 3.47. The fourth-order valence-corrected chi connectivity index (χ4v) is 2.34. The maximum Gasteiger partial charge on any atom is 0.257 e. The molecule has 1 rings (SSSR count). The zero-order valence-corrected chi connectivity index (χ0v) is 11.8. The molecule has 0 spiro atoms. The highest BCUT2D eigenvalue weighted by Crippen LogP contribution is 2.30. The van der Waals surface area contributed by atoms with E-state index >= 15 is 0 Å². The molecule has 1 aliphatic heterocycles. The largest absolute Gasteiger partial charge is 0.369 e. The number of carbonyl (C=O) groups excluding carboxylic acids is 1. The Labute approximate surface area is 104 Å². The second-order valence-electron chi connectivity index (χ2n) is 6.00. The maximum atomic E-state index is 12.5. The molecule has 0 radical (unpaired) electrons. The van der Waals surface area contributed by atoms with Gasteiger partial charge in [-0.2, -0.15) is 0 Å². The lowest BCUT2D eigenvalue weighted by molar-refractivity contribution is -0.133. The summed E-state index contributed by atoms with van der Waals surface area (Å²) in [5, 5.41) is 0. The monoisotopic (exact) mass is 239 g/mol. The first-order valence-corrected chi connectivity index (χ1v) is 6.38. The summed E-state index contributed by atoms with van der Waals surface area (Å²) < 4.78 is 0. The minimum absolute atomic E-state index is 0.0462. The van der Waals surface area contributed by atoms with Crippen LogP contribution in [0.15, 0.2) is 4.99 Å². The van der Waals surface area contributed by atoms with Crippen molar-refractivity contribution >= 4 is 11.9 Å². The fourth-order valence-electron chi connectivity index (χ4n) is 2.34. The zero-order chi connectivity index (χ0) is 13.4. The molecule has 1 amide bonds. The lowest BCUT2D eigenvalue weighted by Crippen LogP contribution is -2.49. The van der Waals surface area contributed by atoms with E-state index in [1.54, 1.807) is 4.90 Å². The molecule has 1 heterocycles. The summed E-state index contributed by atoms with van der Waals surface area (Å²) in [6.45, 7) is 12.3. The molecule has 17 heavy (non-hydrogen) atoms. The number of guanidine groups is 1. The topological polar surface area (TPSA) is 58.7 Å². The third-order valence-corrected chi connectivity index (χ3v) is 3.47. The Kier molecular flexibility index (Phi) is 3.84. The van der Waals surface area contributed by atoms with E-state index < -0.39 is 5.54 Å². The van der Waals surface area contributed by atoms with Crippen LogP contribution in [0.3, 0.4) is 0 Å². The average molecular weight is 239 g/mol. The van der Waals surface area contributed by atoms with Crippen molar-refractivity contribution in [3.8, 4) is 0 Å². The van der Waals surface area contributed by atoms with Crippen LogP contribution in [0.4, 0.5) is 0 Å². The molecule has 0 aromatic heterocycles. The van der Waals surface area contributed by atoms with Crippen LogP contribution in [0.2, 0.25) is 0 Å². The van der Waals surface area contributed by atoms with Gasteiger partial charge in [0.05, 0.1) is 0 Å². The van der Waals surface area contributed by atoms with Crippen molar-refractivity contribution in [3.63, 3.8) is 0 Å². The minimum atomic E-state index is -0.665. The van der Waals surface area contributed by atoms with Gasteiger partial charge in [0, 0.05) is 6.04 Å². The van der Waals surface area contributed by atoms with Gasteiger partial charge in [0.1, 0.15) is 5.54 Å². The lowest BCUT2D eigenvalue weighted by Gasteiger charge is -2.30. The highest BCUT2D eigenvalue weighted by atomic mass is 16.2. The maximum absolute atomic E-state index is 12.5. The van der Waals surface area contributed by atoms with E-state index in [9.17, 15) is 4.79 Å². The molecule has 0 saturated carbocycles. The molecule has 4 nitrogen and oxygen atoms in total. The van der Waals surface area contributed by atoms with E-state index in [4.69, 9.17) is 5.73 Å². The van der Waals surface area contributed by atoms with E-state index in [1.807, 2.05) is 13.8 Å². The number of aliphatic imine (C=N–C) groups is 1. The number of carbonyl (C=O) groups is 1. The fraction of sp³-hybridized carbons (Fsp3) is 0.846. The van der Waals surface area contributed by atoms with Gasteiger partial charge in [0.15, 0.2) is 5.96 Å². The smallest absolute Gasteiger partial charge is 0.257 e. The van der Waals surface area contributed by atoms with Gasteiger partial charge in [-0.25, -0.2) is 4.99 Å². The summed E-state index contributed by atoms with van der Waals surface area (Å²) in [7, 11) is 0. The van der Waals surface area contributed by atoms with Crippen molar-refractivity contribution in [2.75, 3.05) is 0 Å². The summed E-state index contributed by atoms with van der Waals surface area (Å²) in [4.78, 5) is 18.5. The normalized spacial score (nSPS) is 26.9. The number of nitrogens with two attached hydrogens (primary N) is 1. The second-order valence-corrected chi connectivity index (χ2v) is 6.00. The quantitative estimate of drug-likeness (QED) is 0.815. The van der Waals surface area contributed by atoms with Gasteiger partial charge in [-0.05, 0) is 32.1 Å². The number of rotatable bonds is 4. The molecule has 98 valence electrons. The Morgan fingerprint density at radius 1 is 1.29 bits per heavy atom. The van der Waals surface area contributed by atoms with Crippen molar-refractivity contribution < 1.29 is 4.79 Å². The molecule has 0 fully saturated rings. The molecule has 0 aromatic carbocycles. The molecule has 1 unspecified atom stereocenters. The molecule has 0 aliphatic carbocycles. The first-order valence-electron chi connectivity index (χ1n) is 6.38. The summed E-state index contributed by atoms with van der Waals surface area (Å²) in [5.41, 5.74) is 5.25. The predicted molar refractivity (Wildman–Crippen MR) is 70.6 cm³/mol. The van der Waals surface area contributed by atoms with Gasteiger partial charge in [-0.15, -0.1) is 0 Å². The summed E-state index contributed by atoms with van der Waals surface area (Å²) in [6.07, 6.45) is 0.744. The summed E-state index contributed by atoms with van der Waals surface area (Å²) in [6, 6.07) is 0.0974. The number of amides is 1. The van der Waals surface area contributed by atoms with Crippen molar-refractivity contribution in [1.29, 1.82) is 0 Å². The summed E-state index contributed by atoms with van der Waals surface area (Å²) >= 11 is 0.